The van der Waals surface area contributed by atoms with Crippen molar-refractivity contribution in [3.8, 4) is 0 Å². The summed E-state index contributed by atoms with van der Waals surface area (Å²) < 4.78 is 5.19. The fourth-order valence-corrected chi connectivity index (χ4v) is 3.15. The molecule has 0 radical (unpaired) electrons. The molecule has 2 atom stereocenters. The predicted octanol–water partition coefficient (Wildman–Crippen LogP) is 0.400. The first-order valence-corrected chi connectivity index (χ1v) is 6.83. The van der Waals surface area contributed by atoms with Crippen LogP contribution in [0.15, 0.2) is 6.07 Å². The molecule has 3 N–H and O–H groups in total. The van der Waals surface area contributed by atoms with Crippen molar-refractivity contribution in [2.45, 2.75) is 19.1 Å². The minimum absolute atomic E-state index is 0.106. The van der Waals surface area contributed by atoms with Crippen LogP contribution in [0.25, 0.3) is 0 Å². The largest absolute Gasteiger partial charge is 0.388 e. The smallest absolute Gasteiger partial charge is 0.304 e. The van der Waals surface area contributed by atoms with Crippen LogP contribution in [0.4, 0.5) is 10.7 Å². The molecule has 9 heteroatoms. The summed E-state index contributed by atoms with van der Waals surface area (Å²) in [7, 11) is 0. The summed E-state index contributed by atoms with van der Waals surface area (Å²) in [5.74, 6) is -0.592. The average Bonchev–Trinajstić information content (AvgIpc) is 2.83. The lowest BCUT2D eigenvalue weighted by molar-refractivity contribution is -0.383. The number of aliphatic hydroxyl groups excluding tert-OH is 1. The van der Waals surface area contributed by atoms with Crippen molar-refractivity contribution in [1.82, 2.24) is 0 Å². The molecule has 1 aromatic heterocycles. The zero-order valence-electron chi connectivity index (χ0n) is 10.8. The van der Waals surface area contributed by atoms with E-state index >= 15 is 0 Å². The van der Waals surface area contributed by atoms with Crippen molar-refractivity contribution in [2.24, 2.45) is 5.73 Å². The van der Waals surface area contributed by atoms with Gasteiger partial charge in [0.1, 0.15) is 6.04 Å². The number of nitro groups is 1. The Kier molecular flexibility index (Phi) is 4.21. The van der Waals surface area contributed by atoms with Gasteiger partial charge in [0.15, 0.2) is 5.00 Å². The minimum atomic E-state index is -0.805. The predicted molar refractivity (Wildman–Crippen MR) is 72.8 cm³/mol. The van der Waals surface area contributed by atoms with Gasteiger partial charge in [-0.2, -0.15) is 0 Å². The first-order valence-electron chi connectivity index (χ1n) is 6.01. The van der Waals surface area contributed by atoms with E-state index in [1.165, 1.54) is 13.0 Å². The molecule has 1 fully saturated rings. The van der Waals surface area contributed by atoms with Crippen molar-refractivity contribution in [3.05, 3.63) is 21.1 Å². The molecular weight excluding hydrogens is 286 g/mol. The van der Waals surface area contributed by atoms with Crippen LogP contribution in [0.5, 0.6) is 0 Å². The van der Waals surface area contributed by atoms with Crippen LogP contribution >= 0.6 is 11.3 Å². The van der Waals surface area contributed by atoms with E-state index in [0.717, 1.165) is 11.3 Å². The third kappa shape index (κ3) is 2.74. The lowest BCUT2D eigenvalue weighted by atomic mass is 10.2. The number of rotatable bonds is 4. The van der Waals surface area contributed by atoms with E-state index in [2.05, 4.69) is 0 Å². The molecule has 20 heavy (non-hydrogen) atoms. The summed E-state index contributed by atoms with van der Waals surface area (Å²) in [5.41, 5.74) is 5.19. The second-order valence-electron chi connectivity index (χ2n) is 4.46. The zero-order valence-corrected chi connectivity index (χ0v) is 11.6. The van der Waals surface area contributed by atoms with Crippen LogP contribution in [0.2, 0.25) is 0 Å². The SMILES string of the molecule is C[C@@H](O)c1cc([N+](=O)[O-])c(N2CCOCC2C(N)=O)s1. The van der Waals surface area contributed by atoms with E-state index in [-0.39, 0.29) is 12.3 Å². The van der Waals surface area contributed by atoms with Gasteiger partial charge in [0.05, 0.1) is 24.2 Å². The number of amides is 1. The Balaban J connectivity index is 2.43. The number of nitrogens with zero attached hydrogens (tertiary/aromatic N) is 2. The Bertz CT molecular complexity index is 530. The van der Waals surface area contributed by atoms with Crippen LogP contribution in [0.1, 0.15) is 17.9 Å². The maximum Gasteiger partial charge on any atom is 0.304 e. The number of morpholine rings is 1. The van der Waals surface area contributed by atoms with Gasteiger partial charge in [0, 0.05) is 17.5 Å². The number of thiophene rings is 1. The number of carbonyl (C=O) groups excluding carboxylic acids is 1. The number of hydrogen-bond acceptors (Lipinski definition) is 7. The fraction of sp³-hybridized carbons (Fsp3) is 0.545. The number of aliphatic hydroxyl groups is 1. The molecule has 1 aliphatic heterocycles. The van der Waals surface area contributed by atoms with Gasteiger partial charge < -0.3 is 20.5 Å². The van der Waals surface area contributed by atoms with Gasteiger partial charge in [-0.1, -0.05) is 0 Å². The standard InChI is InChI=1S/C11H15N3O5S/c1-6(15)9-4-7(14(17)18)11(20-9)13-2-3-19-5-8(13)10(12)16/h4,6,8,15H,2-3,5H2,1H3,(H2,12,16)/t6-,8?/m1/s1. The second-order valence-corrected chi connectivity index (χ2v) is 5.52. The molecule has 1 amide bonds. The number of hydrogen-bond donors (Lipinski definition) is 2. The van der Waals surface area contributed by atoms with Crippen LogP contribution in [-0.4, -0.2) is 41.7 Å². The van der Waals surface area contributed by atoms with Gasteiger partial charge in [-0.15, -0.1) is 11.3 Å². The highest BCUT2D eigenvalue weighted by molar-refractivity contribution is 7.16. The molecule has 0 bridgehead atoms. The lowest BCUT2D eigenvalue weighted by Crippen LogP contribution is -2.52. The third-order valence-electron chi connectivity index (χ3n) is 3.04. The van der Waals surface area contributed by atoms with Crippen molar-refractivity contribution in [1.29, 1.82) is 0 Å². The number of nitrogens with two attached hydrogens (primary N) is 1. The summed E-state index contributed by atoms with van der Waals surface area (Å²) in [5, 5.41) is 21.0. The van der Waals surface area contributed by atoms with Gasteiger partial charge in [-0.25, -0.2) is 0 Å². The highest BCUT2D eigenvalue weighted by atomic mass is 32.1. The summed E-state index contributed by atoms with van der Waals surface area (Å²) in [4.78, 5) is 24.1. The average molecular weight is 301 g/mol. The Morgan fingerprint density at radius 2 is 2.45 bits per heavy atom. The van der Waals surface area contributed by atoms with Crippen molar-refractivity contribution < 1.29 is 19.6 Å². The Morgan fingerprint density at radius 3 is 3.00 bits per heavy atom. The normalized spacial score (nSPS) is 20.7. The topological polar surface area (TPSA) is 119 Å². The molecule has 110 valence electrons. The molecule has 8 nitrogen and oxygen atoms in total. The quantitative estimate of drug-likeness (QED) is 0.613. The molecule has 0 saturated carbocycles. The number of carbonyl (C=O) groups is 1. The van der Waals surface area contributed by atoms with E-state index in [0.29, 0.717) is 23.0 Å². The van der Waals surface area contributed by atoms with Crippen LogP contribution in [-0.2, 0) is 9.53 Å². The summed E-state index contributed by atoms with van der Waals surface area (Å²) in [6.07, 6.45) is -0.805. The van der Waals surface area contributed by atoms with E-state index < -0.39 is 23.0 Å². The molecule has 1 saturated heterocycles. The molecule has 0 aromatic carbocycles. The molecule has 1 aliphatic rings. The molecule has 2 heterocycles. The maximum atomic E-state index is 11.4. The number of anilines is 1. The highest BCUT2D eigenvalue weighted by Gasteiger charge is 2.34. The highest BCUT2D eigenvalue weighted by Crippen LogP contribution is 2.41. The van der Waals surface area contributed by atoms with E-state index in [1.807, 2.05) is 0 Å². The van der Waals surface area contributed by atoms with Gasteiger partial charge in [0.25, 0.3) is 0 Å². The van der Waals surface area contributed by atoms with E-state index in [1.54, 1.807) is 4.90 Å². The Labute approximate surface area is 118 Å². The van der Waals surface area contributed by atoms with Crippen molar-refractivity contribution in [3.63, 3.8) is 0 Å². The summed E-state index contributed by atoms with van der Waals surface area (Å²) in [6.45, 7) is 2.34. The molecule has 0 aliphatic carbocycles. The Hall–Kier alpha value is -1.71. The van der Waals surface area contributed by atoms with Gasteiger partial charge >= 0.3 is 5.69 Å². The van der Waals surface area contributed by atoms with E-state index in [4.69, 9.17) is 10.5 Å². The lowest BCUT2D eigenvalue weighted by Gasteiger charge is -2.33. The van der Waals surface area contributed by atoms with Crippen molar-refractivity contribution in [2.75, 3.05) is 24.7 Å². The summed E-state index contributed by atoms with van der Waals surface area (Å²) >= 11 is 1.09. The maximum absolute atomic E-state index is 11.4. The minimum Gasteiger partial charge on any atom is -0.388 e. The number of ether oxygens (including phenoxy) is 1. The van der Waals surface area contributed by atoms with E-state index in [9.17, 15) is 20.0 Å². The Morgan fingerprint density at radius 1 is 1.75 bits per heavy atom. The molecule has 0 spiro atoms. The summed E-state index contributed by atoms with van der Waals surface area (Å²) in [6, 6.07) is 0.598. The van der Waals surface area contributed by atoms with Crippen LogP contribution in [0.3, 0.4) is 0 Å². The van der Waals surface area contributed by atoms with Gasteiger partial charge in [0.2, 0.25) is 5.91 Å². The first-order chi connectivity index (χ1) is 9.41. The molecule has 1 unspecified atom stereocenters. The monoisotopic (exact) mass is 301 g/mol. The fourth-order valence-electron chi connectivity index (χ4n) is 2.01. The van der Waals surface area contributed by atoms with Crippen LogP contribution in [0, 0.1) is 10.1 Å². The second kappa shape index (κ2) is 5.73. The molecular formula is C11H15N3O5S. The molecule has 1 aromatic rings. The molecule has 2 rings (SSSR count). The van der Waals surface area contributed by atoms with Gasteiger partial charge in [-0.3, -0.25) is 14.9 Å². The van der Waals surface area contributed by atoms with Crippen molar-refractivity contribution >= 4 is 27.9 Å². The number of primary amides is 1. The van der Waals surface area contributed by atoms with Gasteiger partial charge in [-0.05, 0) is 6.92 Å². The zero-order chi connectivity index (χ0) is 14.9. The third-order valence-corrected chi connectivity index (χ3v) is 4.37. The first kappa shape index (κ1) is 14.7. The van der Waals surface area contributed by atoms with Crippen LogP contribution < -0.4 is 10.6 Å².